The maximum Gasteiger partial charge on any atom is 0.367 e. The molecular formula is C24H23Cl3N2O3. The number of carbonyl (C=O) groups is 2. The molecule has 2 saturated carbocycles. The van der Waals surface area contributed by atoms with Gasteiger partial charge in [0.25, 0.3) is 0 Å². The maximum atomic E-state index is 13.5. The Morgan fingerprint density at radius 2 is 1.69 bits per heavy atom. The summed E-state index contributed by atoms with van der Waals surface area (Å²) < 4.78 is 0. The molecule has 0 radical (unpaired) electrons. The van der Waals surface area contributed by atoms with Gasteiger partial charge in [-0.05, 0) is 48.6 Å². The number of amides is 1. The van der Waals surface area contributed by atoms with Crippen molar-refractivity contribution in [3.05, 3.63) is 63.1 Å². The molecule has 168 valence electrons. The van der Waals surface area contributed by atoms with Crippen molar-refractivity contribution in [1.29, 1.82) is 0 Å². The van der Waals surface area contributed by atoms with E-state index in [0.717, 1.165) is 6.42 Å². The van der Waals surface area contributed by atoms with Crippen LogP contribution >= 0.6 is 34.8 Å². The molecule has 8 heteroatoms. The van der Waals surface area contributed by atoms with E-state index in [2.05, 4.69) is 31.2 Å². The van der Waals surface area contributed by atoms with E-state index in [1.165, 1.54) is 0 Å². The van der Waals surface area contributed by atoms with Gasteiger partial charge in [-0.15, -0.1) is 0 Å². The Hall–Kier alpha value is -2.08. The molecule has 32 heavy (non-hydrogen) atoms. The highest BCUT2D eigenvalue weighted by molar-refractivity contribution is 6.42. The number of anilines is 1. The quantitative estimate of drug-likeness (QED) is 0.368. The SMILES string of the molecule is CC12CCC(C(=O)Nc3ccc(Cl)c(Cl)c3)(CC1=NOC(=O)c1ccccc1Cl)C2(C)C. The van der Waals surface area contributed by atoms with Crippen LogP contribution in [0.4, 0.5) is 5.69 Å². The second-order valence-electron chi connectivity index (χ2n) is 9.20. The molecule has 0 saturated heterocycles. The Labute approximate surface area is 202 Å². The largest absolute Gasteiger partial charge is 0.367 e. The number of hydrogen-bond donors (Lipinski definition) is 1. The van der Waals surface area contributed by atoms with Gasteiger partial charge in [-0.2, -0.15) is 0 Å². The number of benzene rings is 2. The molecule has 2 unspecified atom stereocenters. The standard InChI is InChI=1S/C24H23Cl3N2O3/c1-22(2)23(3)10-11-24(22,21(31)28-14-8-9-17(26)18(27)12-14)13-19(23)29-32-20(30)15-6-4-5-7-16(15)25/h4-9,12H,10-11,13H2,1-3H3,(H,28,31). The normalized spacial score (nSPS) is 26.9. The summed E-state index contributed by atoms with van der Waals surface area (Å²) >= 11 is 18.2. The van der Waals surface area contributed by atoms with Crippen LogP contribution in [0.25, 0.3) is 0 Å². The van der Waals surface area contributed by atoms with Gasteiger partial charge in [0.05, 0.1) is 31.8 Å². The van der Waals surface area contributed by atoms with Crippen LogP contribution < -0.4 is 5.32 Å². The molecular weight excluding hydrogens is 471 g/mol. The summed E-state index contributed by atoms with van der Waals surface area (Å²) in [7, 11) is 0. The van der Waals surface area contributed by atoms with Crippen LogP contribution in [0.1, 0.15) is 50.4 Å². The highest BCUT2D eigenvalue weighted by Gasteiger charge is 2.71. The fourth-order valence-electron chi connectivity index (χ4n) is 5.12. The summed E-state index contributed by atoms with van der Waals surface area (Å²) in [5, 5.41) is 8.34. The van der Waals surface area contributed by atoms with Crippen molar-refractivity contribution in [3.8, 4) is 0 Å². The van der Waals surface area contributed by atoms with Crippen molar-refractivity contribution >= 4 is 58.1 Å². The highest BCUT2D eigenvalue weighted by Crippen LogP contribution is 2.71. The van der Waals surface area contributed by atoms with E-state index in [0.29, 0.717) is 39.3 Å². The van der Waals surface area contributed by atoms with E-state index in [1.807, 2.05) is 0 Å². The maximum absolute atomic E-state index is 13.5. The molecule has 2 aliphatic carbocycles. The average Bonchev–Trinajstić information content (AvgIpc) is 3.05. The minimum atomic E-state index is -0.691. The summed E-state index contributed by atoms with van der Waals surface area (Å²) in [5.74, 6) is -0.728. The first-order chi connectivity index (χ1) is 15.0. The molecule has 1 amide bonds. The molecule has 2 fully saturated rings. The third-order valence-corrected chi connectivity index (χ3v) is 8.75. The lowest BCUT2D eigenvalue weighted by Crippen LogP contribution is -2.43. The lowest BCUT2D eigenvalue weighted by molar-refractivity contribution is -0.130. The van der Waals surface area contributed by atoms with Crippen LogP contribution in [-0.4, -0.2) is 17.6 Å². The summed E-state index contributed by atoms with van der Waals surface area (Å²) in [4.78, 5) is 31.3. The smallest absolute Gasteiger partial charge is 0.326 e. The second-order valence-corrected chi connectivity index (χ2v) is 10.4. The zero-order chi connectivity index (χ0) is 23.3. The Morgan fingerprint density at radius 1 is 0.969 bits per heavy atom. The van der Waals surface area contributed by atoms with E-state index in [4.69, 9.17) is 39.6 Å². The van der Waals surface area contributed by atoms with Crippen molar-refractivity contribution in [2.45, 2.75) is 40.0 Å². The number of nitrogens with one attached hydrogen (secondary N) is 1. The van der Waals surface area contributed by atoms with Gasteiger partial charge < -0.3 is 10.2 Å². The number of rotatable bonds is 4. The zero-order valence-corrected chi connectivity index (χ0v) is 20.2. The molecule has 0 aromatic heterocycles. The van der Waals surface area contributed by atoms with E-state index >= 15 is 0 Å². The lowest BCUT2D eigenvalue weighted by Gasteiger charge is -2.39. The van der Waals surface area contributed by atoms with Gasteiger partial charge in [0.1, 0.15) is 0 Å². The average molecular weight is 494 g/mol. The molecule has 2 aromatic carbocycles. The highest BCUT2D eigenvalue weighted by atomic mass is 35.5. The zero-order valence-electron chi connectivity index (χ0n) is 18.0. The number of halogens is 3. The van der Waals surface area contributed by atoms with Gasteiger partial charge in [-0.25, -0.2) is 4.79 Å². The first kappa shape index (κ1) is 23.1. The molecule has 0 heterocycles. The fourth-order valence-corrected chi connectivity index (χ4v) is 5.63. The topological polar surface area (TPSA) is 67.8 Å². The van der Waals surface area contributed by atoms with Crippen molar-refractivity contribution in [3.63, 3.8) is 0 Å². The van der Waals surface area contributed by atoms with Crippen LogP contribution in [-0.2, 0) is 9.63 Å². The van der Waals surface area contributed by atoms with Crippen LogP contribution in [0.3, 0.4) is 0 Å². The number of hydrogen-bond acceptors (Lipinski definition) is 4. The van der Waals surface area contributed by atoms with Gasteiger partial charge in [0.2, 0.25) is 5.91 Å². The van der Waals surface area contributed by atoms with E-state index in [9.17, 15) is 9.59 Å². The Bertz CT molecular complexity index is 1150. The number of nitrogens with zero attached hydrogens (tertiary/aromatic N) is 1. The number of carbonyl (C=O) groups excluding carboxylic acids is 2. The summed E-state index contributed by atoms with van der Waals surface area (Å²) in [5.41, 5.74) is 0.0534. The molecule has 0 aliphatic heterocycles. The molecule has 2 atom stereocenters. The Balaban J connectivity index is 1.60. The van der Waals surface area contributed by atoms with Crippen molar-refractivity contribution in [2.24, 2.45) is 21.4 Å². The van der Waals surface area contributed by atoms with E-state index in [1.54, 1.807) is 42.5 Å². The summed E-state index contributed by atoms with van der Waals surface area (Å²) in [6.45, 7) is 6.23. The first-order valence-electron chi connectivity index (χ1n) is 10.3. The monoisotopic (exact) mass is 492 g/mol. The predicted molar refractivity (Wildman–Crippen MR) is 128 cm³/mol. The van der Waals surface area contributed by atoms with Crippen LogP contribution in [0.5, 0.6) is 0 Å². The number of fused-ring (bicyclic) bond motifs is 2. The molecule has 4 rings (SSSR count). The van der Waals surface area contributed by atoms with Crippen LogP contribution in [0.15, 0.2) is 47.6 Å². The van der Waals surface area contributed by atoms with E-state index < -0.39 is 16.8 Å². The molecule has 2 bridgehead atoms. The minimum Gasteiger partial charge on any atom is -0.326 e. The van der Waals surface area contributed by atoms with Crippen LogP contribution in [0, 0.1) is 16.2 Å². The third-order valence-electron chi connectivity index (χ3n) is 7.68. The predicted octanol–water partition coefficient (Wildman–Crippen LogP) is 7.01. The molecule has 2 aromatic rings. The summed E-state index contributed by atoms with van der Waals surface area (Å²) in [6, 6.07) is 11.7. The van der Waals surface area contributed by atoms with Gasteiger partial charge in [-0.1, -0.05) is 72.9 Å². The minimum absolute atomic E-state index is 0.104. The molecule has 0 spiro atoms. The van der Waals surface area contributed by atoms with Gasteiger partial charge in [0, 0.05) is 17.5 Å². The lowest BCUT2D eigenvalue weighted by atomic mass is 9.64. The van der Waals surface area contributed by atoms with Gasteiger partial charge >= 0.3 is 5.97 Å². The van der Waals surface area contributed by atoms with Crippen molar-refractivity contribution in [2.75, 3.05) is 5.32 Å². The number of oxime groups is 1. The third kappa shape index (κ3) is 3.42. The Morgan fingerprint density at radius 3 is 2.38 bits per heavy atom. The molecule has 1 N–H and O–H groups in total. The first-order valence-corrected chi connectivity index (χ1v) is 11.4. The van der Waals surface area contributed by atoms with Crippen molar-refractivity contribution < 1.29 is 14.4 Å². The second kappa shape index (κ2) is 8.05. The van der Waals surface area contributed by atoms with Crippen LogP contribution in [0.2, 0.25) is 15.1 Å². The van der Waals surface area contributed by atoms with Crippen molar-refractivity contribution in [1.82, 2.24) is 0 Å². The van der Waals surface area contributed by atoms with Gasteiger partial charge in [0.15, 0.2) is 0 Å². The molecule has 5 nitrogen and oxygen atoms in total. The Kier molecular flexibility index (Phi) is 5.81. The molecule has 2 aliphatic rings. The van der Waals surface area contributed by atoms with Gasteiger partial charge in [-0.3, -0.25) is 4.79 Å². The summed E-state index contributed by atoms with van der Waals surface area (Å²) in [6.07, 6.45) is 1.87. The fraction of sp³-hybridized carbons (Fsp3) is 0.375. The van der Waals surface area contributed by atoms with E-state index in [-0.39, 0.29) is 16.9 Å².